The van der Waals surface area contributed by atoms with Crippen molar-refractivity contribution in [1.82, 2.24) is 10.2 Å². The highest BCUT2D eigenvalue weighted by Crippen LogP contribution is 2.26. The van der Waals surface area contributed by atoms with E-state index in [-0.39, 0.29) is 23.0 Å². The Morgan fingerprint density at radius 2 is 2.15 bits per heavy atom. The zero-order valence-electron chi connectivity index (χ0n) is 15.8. The van der Waals surface area contributed by atoms with Gasteiger partial charge in [-0.25, -0.2) is 9.38 Å². The number of rotatable bonds is 5. The molecule has 1 aliphatic rings. The Morgan fingerprint density at radius 1 is 1.41 bits per heavy atom. The minimum absolute atomic E-state index is 0.0415. The van der Waals surface area contributed by atoms with Crippen LogP contribution in [-0.4, -0.2) is 50.0 Å². The van der Waals surface area contributed by atoms with E-state index in [0.29, 0.717) is 30.7 Å². The summed E-state index contributed by atoms with van der Waals surface area (Å²) in [6.07, 6.45) is 3.40. The molecular weight excluding hydrogens is 347 g/mol. The van der Waals surface area contributed by atoms with E-state index in [1.807, 2.05) is 0 Å². The molecule has 0 fully saturated rings. The number of allylic oxidation sites excluding steroid dienone is 1. The molecule has 144 valence electrons. The molecule has 2 rings (SSSR count). The monoisotopic (exact) mass is 372 g/mol. The summed E-state index contributed by atoms with van der Waals surface area (Å²) in [7, 11) is 3.37. The summed E-state index contributed by atoms with van der Waals surface area (Å²) < 4.78 is 14.9. The van der Waals surface area contributed by atoms with Crippen LogP contribution in [0.25, 0.3) is 5.57 Å². The lowest BCUT2D eigenvalue weighted by Gasteiger charge is -2.29. The first-order valence-corrected chi connectivity index (χ1v) is 8.55. The highest BCUT2D eigenvalue weighted by atomic mass is 19.1. The van der Waals surface area contributed by atoms with Crippen molar-refractivity contribution in [3.63, 3.8) is 0 Å². The number of benzene rings is 1. The molecule has 0 aromatic heterocycles. The SMILES string of the molecule is CN=CC(=CN)c1cccc(N=C(N)C2=C(NC)CCN(C(C)=O)C2)c1F. The predicted octanol–water partition coefficient (Wildman–Crippen LogP) is 1.54. The molecule has 1 aliphatic heterocycles. The molecule has 0 saturated heterocycles. The van der Waals surface area contributed by atoms with Gasteiger partial charge in [-0.1, -0.05) is 12.1 Å². The first kappa shape index (κ1) is 20.2. The Kier molecular flexibility index (Phi) is 6.70. The lowest BCUT2D eigenvalue weighted by atomic mass is 10.0. The van der Waals surface area contributed by atoms with E-state index in [9.17, 15) is 9.18 Å². The van der Waals surface area contributed by atoms with Gasteiger partial charge in [0.25, 0.3) is 0 Å². The number of amidine groups is 1. The summed E-state index contributed by atoms with van der Waals surface area (Å²) in [6.45, 7) is 2.44. The van der Waals surface area contributed by atoms with Crippen LogP contribution in [-0.2, 0) is 4.79 Å². The minimum Gasteiger partial charge on any atom is -0.404 e. The van der Waals surface area contributed by atoms with Crippen LogP contribution in [0, 0.1) is 5.82 Å². The number of carbonyl (C=O) groups excluding carboxylic acids is 1. The van der Waals surface area contributed by atoms with E-state index in [2.05, 4.69) is 15.3 Å². The van der Waals surface area contributed by atoms with E-state index < -0.39 is 5.82 Å². The maximum absolute atomic E-state index is 14.9. The lowest BCUT2D eigenvalue weighted by molar-refractivity contribution is -0.128. The fourth-order valence-corrected chi connectivity index (χ4v) is 2.91. The third-order valence-electron chi connectivity index (χ3n) is 4.38. The van der Waals surface area contributed by atoms with Crippen LogP contribution < -0.4 is 16.8 Å². The number of carbonyl (C=O) groups is 1. The summed E-state index contributed by atoms with van der Waals surface area (Å²) in [6, 6.07) is 4.81. The zero-order chi connectivity index (χ0) is 20.0. The Labute approximate surface area is 158 Å². The van der Waals surface area contributed by atoms with Gasteiger partial charge in [0, 0.05) is 68.8 Å². The van der Waals surface area contributed by atoms with Crippen molar-refractivity contribution in [2.75, 3.05) is 27.2 Å². The fourth-order valence-electron chi connectivity index (χ4n) is 2.91. The van der Waals surface area contributed by atoms with Gasteiger partial charge in [-0.15, -0.1) is 0 Å². The number of amides is 1. The molecule has 0 unspecified atom stereocenters. The molecule has 0 saturated carbocycles. The molecule has 0 atom stereocenters. The number of aliphatic imine (C=N–C) groups is 2. The summed E-state index contributed by atoms with van der Waals surface area (Å²) >= 11 is 0. The zero-order valence-corrected chi connectivity index (χ0v) is 15.8. The second-order valence-electron chi connectivity index (χ2n) is 6.04. The molecule has 0 bridgehead atoms. The molecule has 1 aromatic rings. The van der Waals surface area contributed by atoms with E-state index in [1.165, 1.54) is 25.4 Å². The van der Waals surface area contributed by atoms with Gasteiger partial charge in [-0.2, -0.15) is 0 Å². The number of halogens is 1. The number of nitrogens with zero attached hydrogens (tertiary/aromatic N) is 3. The molecule has 0 spiro atoms. The van der Waals surface area contributed by atoms with E-state index in [0.717, 1.165) is 5.70 Å². The molecule has 1 heterocycles. The third kappa shape index (κ3) is 4.52. The topological polar surface area (TPSA) is 109 Å². The van der Waals surface area contributed by atoms with Gasteiger partial charge in [0.15, 0.2) is 5.82 Å². The lowest BCUT2D eigenvalue weighted by Crippen LogP contribution is -2.40. The molecule has 0 aliphatic carbocycles. The van der Waals surface area contributed by atoms with Crippen molar-refractivity contribution in [3.05, 3.63) is 47.0 Å². The highest BCUT2D eigenvalue weighted by molar-refractivity contribution is 6.10. The summed E-state index contributed by atoms with van der Waals surface area (Å²) in [5.74, 6) is -0.410. The van der Waals surface area contributed by atoms with Crippen molar-refractivity contribution in [3.8, 4) is 0 Å². The van der Waals surface area contributed by atoms with Crippen LogP contribution in [0.3, 0.4) is 0 Å². The molecular formula is C19H25FN6O. The summed E-state index contributed by atoms with van der Waals surface area (Å²) in [5, 5.41) is 3.09. The fraction of sp³-hybridized carbons (Fsp3) is 0.316. The van der Waals surface area contributed by atoms with Gasteiger partial charge < -0.3 is 21.7 Å². The normalized spacial score (nSPS) is 16.2. The molecule has 7 nitrogen and oxygen atoms in total. The molecule has 1 aromatic carbocycles. The summed E-state index contributed by atoms with van der Waals surface area (Å²) in [4.78, 5) is 21.5. The standard InChI is InChI=1S/C19H25FN6O/c1-12(27)26-8-7-16(24-3)15(11-26)19(22)25-17-6-4-5-14(18(17)20)13(9-21)10-23-2/h4-6,9-10,24H,7-8,11,21H2,1-3H3,(H2,22,25). The first-order chi connectivity index (χ1) is 12.9. The average Bonchev–Trinajstić information content (AvgIpc) is 2.67. The molecule has 8 heteroatoms. The van der Waals surface area contributed by atoms with Crippen molar-refractivity contribution in [1.29, 1.82) is 0 Å². The van der Waals surface area contributed by atoms with Gasteiger partial charge in [0.2, 0.25) is 5.91 Å². The Balaban J connectivity index is 2.45. The van der Waals surface area contributed by atoms with Crippen molar-refractivity contribution in [2.45, 2.75) is 13.3 Å². The maximum Gasteiger partial charge on any atom is 0.219 e. The third-order valence-corrected chi connectivity index (χ3v) is 4.38. The van der Waals surface area contributed by atoms with Crippen LogP contribution in [0.2, 0.25) is 0 Å². The summed E-state index contributed by atoms with van der Waals surface area (Å²) in [5.41, 5.74) is 14.2. The van der Waals surface area contributed by atoms with Crippen LogP contribution in [0.1, 0.15) is 18.9 Å². The second-order valence-corrected chi connectivity index (χ2v) is 6.04. The molecule has 1 amide bonds. The Morgan fingerprint density at radius 3 is 2.74 bits per heavy atom. The van der Waals surface area contributed by atoms with Gasteiger partial charge >= 0.3 is 0 Å². The maximum atomic E-state index is 14.9. The first-order valence-electron chi connectivity index (χ1n) is 8.55. The minimum atomic E-state index is -0.539. The Bertz CT molecular complexity index is 841. The molecule has 5 N–H and O–H groups in total. The van der Waals surface area contributed by atoms with Gasteiger partial charge in [0.1, 0.15) is 11.5 Å². The number of nitrogens with one attached hydrogen (secondary N) is 1. The van der Waals surface area contributed by atoms with Crippen molar-refractivity contribution in [2.24, 2.45) is 21.5 Å². The van der Waals surface area contributed by atoms with Crippen molar-refractivity contribution < 1.29 is 9.18 Å². The van der Waals surface area contributed by atoms with Crippen molar-refractivity contribution >= 4 is 29.2 Å². The van der Waals surface area contributed by atoms with Gasteiger partial charge in [-0.3, -0.25) is 9.79 Å². The Hall–Kier alpha value is -3.16. The van der Waals surface area contributed by atoms with E-state index in [4.69, 9.17) is 11.5 Å². The van der Waals surface area contributed by atoms with Crippen LogP contribution in [0.15, 0.2) is 45.7 Å². The van der Waals surface area contributed by atoms with Crippen LogP contribution >= 0.6 is 0 Å². The van der Waals surface area contributed by atoms with Gasteiger partial charge in [-0.05, 0) is 6.07 Å². The predicted molar refractivity (Wildman–Crippen MR) is 107 cm³/mol. The van der Waals surface area contributed by atoms with Gasteiger partial charge in [0.05, 0.1) is 6.54 Å². The average molecular weight is 372 g/mol. The number of hydrogen-bond donors (Lipinski definition) is 3. The number of hydrogen-bond acceptors (Lipinski definition) is 5. The molecule has 27 heavy (non-hydrogen) atoms. The highest BCUT2D eigenvalue weighted by Gasteiger charge is 2.23. The van der Waals surface area contributed by atoms with Crippen LogP contribution in [0.4, 0.5) is 10.1 Å². The molecule has 0 radical (unpaired) electrons. The largest absolute Gasteiger partial charge is 0.404 e. The van der Waals surface area contributed by atoms with E-state index in [1.54, 1.807) is 31.1 Å². The number of nitrogens with two attached hydrogens (primary N) is 2. The smallest absolute Gasteiger partial charge is 0.219 e. The van der Waals surface area contributed by atoms with Crippen LogP contribution in [0.5, 0.6) is 0 Å². The van der Waals surface area contributed by atoms with E-state index >= 15 is 0 Å². The second kappa shape index (κ2) is 8.98. The quantitative estimate of drug-likeness (QED) is 0.538.